The first-order chi connectivity index (χ1) is 16.2. The number of amides is 1. The third-order valence-corrected chi connectivity index (χ3v) is 7.32. The molecule has 0 aromatic heterocycles. The first kappa shape index (κ1) is 25.1. The van der Waals surface area contributed by atoms with Crippen molar-refractivity contribution < 1.29 is 22.7 Å². The summed E-state index contributed by atoms with van der Waals surface area (Å²) in [5, 5.41) is 2.94. The average molecular weight is 483 g/mol. The number of nitrogens with one attached hydrogen (secondary N) is 1. The van der Waals surface area contributed by atoms with Crippen LogP contribution in [0, 0.1) is 13.8 Å². The highest BCUT2D eigenvalue weighted by molar-refractivity contribution is 7.92. The topological polar surface area (TPSA) is 84.9 Å². The monoisotopic (exact) mass is 482 g/mol. The van der Waals surface area contributed by atoms with Gasteiger partial charge < -0.3 is 14.8 Å². The van der Waals surface area contributed by atoms with Crippen LogP contribution >= 0.6 is 0 Å². The van der Waals surface area contributed by atoms with Gasteiger partial charge >= 0.3 is 0 Å². The SMILES string of the molecule is COc1ccc(S(=O)(=O)N(CC(=O)NC(C)c2cc(C)ccc2C)c2ccccc2)cc1OC. The molecule has 0 saturated heterocycles. The molecule has 7 nitrogen and oxygen atoms in total. The summed E-state index contributed by atoms with van der Waals surface area (Å²) in [6.45, 7) is 5.48. The molecule has 1 amide bonds. The van der Waals surface area contributed by atoms with Crippen LogP contribution in [0.2, 0.25) is 0 Å². The number of rotatable bonds is 9. The number of anilines is 1. The van der Waals surface area contributed by atoms with Gasteiger partial charge in [0.1, 0.15) is 6.54 Å². The third kappa shape index (κ3) is 5.51. The fourth-order valence-electron chi connectivity index (χ4n) is 3.74. The summed E-state index contributed by atoms with van der Waals surface area (Å²) in [5.41, 5.74) is 3.51. The summed E-state index contributed by atoms with van der Waals surface area (Å²) in [6, 6.07) is 18.6. The minimum atomic E-state index is -4.09. The summed E-state index contributed by atoms with van der Waals surface area (Å²) < 4.78 is 38.9. The van der Waals surface area contributed by atoms with Crippen LogP contribution in [0.15, 0.2) is 71.6 Å². The second-order valence-corrected chi connectivity index (χ2v) is 9.88. The van der Waals surface area contributed by atoms with Gasteiger partial charge in [0.15, 0.2) is 11.5 Å². The van der Waals surface area contributed by atoms with Gasteiger partial charge in [0.05, 0.1) is 30.8 Å². The minimum Gasteiger partial charge on any atom is -0.493 e. The van der Waals surface area contributed by atoms with Crippen molar-refractivity contribution >= 4 is 21.6 Å². The Kier molecular flexibility index (Phi) is 7.83. The van der Waals surface area contributed by atoms with Gasteiger partial charge in [0.2, 0.25) is 5.91 Å². The van der Waals surface area contributed by atoms with E-state index in [1.54, 1.807) is 30.3 Å². The fourth-order valence-corrected chi connectivity index (χ4v) is 5.17. The molecule has 8 heteroatoms. The lowest BCUT2D eigenvalue weighted by Gasteiger charge is -2.25. The van der Waals surface area contributed by atoms with Crippen molar-refractivity contribution in [2.45, 2.75) is 31.7 Å². The molecule has 180 valence electrons. The molecule has 3 rings (SSSR count). The molecule has 0 saturated carbocycles. The van der Waals surface area contributed by atoms with Crippen LogP contribution < -0.4 is 19.1 Å². The molecule has 1 unspecified atom stereocenters. The van der Waals surface area contributed by atoms with Crippen LogP contribution in [0.25, 0.3) is 0 Å². The van der Waals surface area contributed by atoms with E-state index in [0.717, 1.165) is 21.0 Å². The number of ether oxygens (including phenoxy) is 2. The number of carbonyl (C=O) groups excluding carboxylic acids is 1. The maximum atomic E-state index is 13.6. The maximum Gasteiger partial charge on any atom is 0.264 e. The number of hydrogen-bond acceptors (Lipinski definition) is 5. The molecule has 34 heavy (non-hydrogen) atoms. The van der Waals surface area contributed by atoms with E-state index < -0.39 is 15.9 Å². The van der Waals surface area contributed by atoms with Crippen molar-refractivity contribution in [3.63, 3.8) is 0 Å². The maximum absolute atomic E-state index is 13.6. The zero-order valence-corrected chi connectivity index (χ0v) is 20.8. The Balaban J connectivity index is 1.93. The highest BCUT2D eigenvalue weighted by Crippen LogP contribution is 2.32. The number of hydrogen-bond donors (Lipinski definition) is 1. The highest BCUT2D eigenvalue weighted by Gasteiger charge is 2.29. The molecule has 0 aliphatic rings. The Morgan fingerprint density at radius 1 is 0.941 bits per heavy atom. The molecule has 3 aromatic rings. The quantitative estimate of drug-likeness (QED) is 0.489. The van der Waals surface area contributed by atoms with E-state index in [1.165, 1.54) is 32.4 Å². The number of sulfonamides is 1. The van der Waals surface area contributed by atoms with Crippen LogP contribution in [-0.2, 0) is 14.8 Å². The van der Waals surface area contributed by atoms with Gasteiger partial charge in [-0.15, -0.1) is 0 Å². The molecule has 3 aromatic carbocycles. The molecule has 0 fully saturated rings. The van der Waals surface area contributed by atoms with Gasteiger partial charge in [-0.05, 0) is 56.2 Å². The summed E-state index contributed by atoms with van der Waals surface area (Å²) in [6.07, 6.45) is 0. The molecule has 0 bridgehead atoms. The molecular weight excluding hydrogens is 452 g/mol. The molecule has 0 heterocycles. The number of aryl methyl sites for hydroxylation is 2. The largest absolute Gasteiger partial charge is 0.493 e. The van der Waals surface area contributed by atoms with Gasteiger partial charge in [0, 0.05) is 6.07 Å². The predicted octanol–water partition coefficient (Wildman–Crippen LogP) is 4.39. The van der Waals surface area contributed by atoms with Crippen molar-refractivity contribution in [2.75, 3.05) is 25.1 Å². The van der Waals surface area contributed by atoms with Crippen molar-refractivity contribution in [3.05, 3.63) is 83.4 Å². The van der Waals surface area contributed by atoms with Crippen LogP contribution in [0.5, 0.6) is 11.5 Å². The zero-order valence-electron chi connectivity index (χ0n) is 20.0. The molecule has 0 spiro atoms. The van der Waals surface area contributed by atoms with E-state index in [-0.39, 0.29) is 23.2 Å². The lowest BCUT2D eigenvalue weighted by Crippen LogP contribution is -2.41. The van der Waals surface area contributed by atoms with E-state index in [2.05, 4.69) is 5.32 Å². The van der Waals surface area contributed by atoms with E-state index in [4.69, 9.17) is 9.47 Å². The first-order valence-corrected chi connectivity index (χ1v) is 12.3. The number of benzene rings is 3. The third-order valence-electron chi connectivity index (χ3n) is 5.55. The van der Waals surface area contributed by atoms with Gasteiger partial charge in [-0.3, -0.25) is 9.10 Å². The predicted molar refractivity (Wildman–Crippen MR) is 133 cm³/mol. The lowest BCUT2D eigenvalue weighted by atomic mass is 10.00. The average Bonchev–Trinajstić information content (AvgIpc) is 2.83. The van der Waals surface area contributed by atoms with Gasteiger partial charge in [-0.1, -0.05) is 42.0 Å². The van der Waals surface area contributed by atoms with Crippen molar-refractivity contribution in [1.82, 2.24) is 5.32 Å². The molecule has 0 aliphatic heterocycles. The summed E-state index contributed by atoms with van der Waals surface area (Å²) >= 11 is 0. The Bertz CT molecular complexity index is 1260. The Morgan fingerprint density at radius 3 is 2.26 bits per heavy atom. The molecule has 0 radical (unpaired) electrons. The standard InChI is InChI=1S/C26H30N2O5S/c1-18-11-12-19(2)23(15-18)20(3)27-26(29)17-28(21-9-7-6-8-10-21)34(30,31)22-13-14-24(32-4)25(16-22)33-5/h6-16,20H,17H2,1-5H3,(H,27,29). The van der Waals surface area contributed by atoms with E-state index >= 15 is 0 Å². The van der Waals surface area contributed by atoms with Crippen LogP contribution in [0.3, 0.4) is 0 Å². The van der Waals surface area contributed by atoms with E-state index in [9.17, 15) is 13.2 Å². The smallest absolute Gasteiger partial charge is 0.264 e. The Morgan fingerprint density at radius 2 is 1.62 bits per heavy atom. The second-order valence-electron chi connectivity index (χ2n) is 8.01. The fraction of sp³-hybridized carbons (Fsp3) is 0.269. The van der Waals surface area contributed by atoms with Crippen molar-refractivity contribution in [3.8, 4) is 11.5 Å². The molecule has 1 atom stereocenters. The van der Waals surface area contributed by atoms with Gasteiger partial charge in [0.25, 0.3) is 10.0 Å². The summed E-state index contributed by atoms with van der Waals surface area (Å²) in [7, 11) is -1.17. The normalized spacial score (nSPS) is 12.0. The van der Waals surface area contributed by atoms with Gasteiger partial charge in [-0.2, -0.15) is 0 Å². The number of methoxy groups -OCH3 is 2. The number of carbonyl (C=O) groups is 1. The Hall–Kier alpha value is -3.52. The number of para-hydroxylation sites is 1. The van der Waals surface area contributed by atoms with Gasteiger partial charge in [-0.25, -0.2) is 8.42 Å². The number of nitrogens with zero attached hydrogens (tertiary/aromatic N) is 1. The van der Waals surface area contributed by atoms with Crippen molar-refractivity contribution in [1.29, 1.82) is 0 Å². The zero-order chi connectivity index (χ0) is 24.9. The van der Waals surface area contributed by atoms with E-state index in [0.29, 0.717) is 11.4 Å². The molecule has 0 aliphatic carbocycles. The summed E-state index contributed by atoms with van der Waals surface area (Å²) in [4.78, 5) is 13.0. The Labute approximate surface area is 201 Å². The lowest BCUT2D eigenvalue weighted by molar-refractivity contribution is -0.120. The second kappa shape index (κ2) is 10.6. The minimum absolute atomic E-state index is 0.00983. The highest BCUT2D eigenvalue weighted by atomic mass is 32.2. The molecular formula is C26H30N2O5S. The van der Waals surface area contributed by atoms with Crippen LogP contribution in [-0.4, -0.2) is 35.1 Å². The van der Waals surface area contributed by atoms with Crippen molar-refractivity contribution in [2.24, 2.45) is 0 Å². The van der Waals surface area contributed by atoms with Crippen LogP contribution in [0.1, 0.15) is 29.7 Å². The van der Waals surface area contributed by atoms with E-state index in [1.807, 2.05) is 39.0 Å². The first-order valence-electron chi connectivity index (χ1n) is 10.8. The molecule has 1 N–H and O–H groups in total. The summed E-state index contributed by atoms with van der Waals surface area (Å²) in [5.74, 6) is 0.277. The van der Waals surface area contributed by atoms with Crippen LogP contribution in [0.4, 0.5) is 5.69 Å².